The first kappa shape index (κ1) is 20.8. The van der Waals surface area contributed by atoms with Crippen LogP contribution < -0.4 is 16.4 Å². The van der Waals surface area contributed by atoms with Gasteiger partial charge in [-0.3, -0.25) is 0 Å². The number of hydrogen-bond acceptors (Lipinski definition) is 5. The summed E-state index contributed by atoms with van der Waals surface area (Å²) in [6.45, 7) is 3.26. The van der Waals surface area contributed by atoms with Crippen molar-refractivity contribution in [2.24, 2.45) is 34.3 Å². The van der Waals surface area contributed by atoms with Gasteiger partial charge in [0.2, 0.25) is 0 Å². The van der Waals surface area contributed by atoms with Crippen LogP contribution in [0.1, 0.15) is 50.6 Å². The van der Waals surface area contributed by atoms with Gasteiger partial charge in [-0.05, 0) is 80.3 Å². The van der Waals surface area contributed by atoms with E-state index in [0.29, 0.717) is 48.6 Å². The number of oxazole rings is 1. The van der Waals surface area contributed by atoms with Gasteiger partial charge < -0.3 is 20.8 Å². The highest BCUT2D eigenvalue weighted by Gasteiger charge is 2.73. The number of piperidine rings is 1. The zero-order chi connectivity index (χ0) is 21.1. The summed E-state index contributed by atoms with van der Waals surface area (Å²) in [5.74, 6) is -1.33. The van der Waals surface area contributed by atoms with Crippen LogP contribution in [-0.2, 0) is 12.3 Å². The van der Waals surface area contributed by atoms with Crippen LogP contribution in [0.25, 0.3) is 0 Å². The van der Waals surface area contributed by atoms with Crippen LogP contribution in [0.3, 0.4) is 0 Å². The molecule has 1 aromatic rings. The van der Waals surface area contributed by atoms with E-state index < -0.39 is 12.1 Å². The van der Waals surface area contributed by atoms with Crippen LogP contribution in [0, 0.1) is 28.6 Å². The van der Waals surface area contributed by atoms with Crippen LogP contribution in [0.15, 0.2) is 10.7 Å². The summed E-state index contributed by atoms with van der Waals surface area (Å²) < 4.78 is 47.2. The Hall–Kier alpha value is -1.12. The first-order valence-electron chi connectivity index (χ1n) is 11.4. The maximum absolute atomic E-state index is 14.4. The predicted octanol–water partition coefficient (Wildman–Crippen LogP) is 3.00. The number of rotatable bonds is 7. The average Bonchev–Trinajstić information content (AvgIpc) is 3.12. The minimum atomic E-state index is -3.02. The Morgan fingerprint density at radius 1 is 1.33 bits per heavy atom. The lowest BCUT2D eigenvalue weighted by Crippen LogP contribution is -2.53. The summed E-state index contributed by atoms with van der Waals surface area (Å²) >= 11 is 0. The third-order valence-corrected chi connectivity index (χ3v) is 8.81. The maximum atomic E-state index is 14.4. The lowest BCUT2D eigenvalue weighted by atomic mass is 9.63. The standard InChI is InChI=1S/C22H33F3N4O/c1-20(24,25)18-11-30-19(29-18)8-22(12-26)14(9-28-16-4-7-27-10-15(16)23)13-2-3-17(22)21(13)5-6-21/h11,13-17,27-28H,2-10,12,26H2,1H3/t13?,14?,15-,16-,17?,22?/m0/s1. The Morgan fingerprint density at radius 2 is 2.13 bits per heavy atom. The van der Waals surface area contributed by atoms with Crippen molar-refractivity contribution in [3.05, 3.63) is 17.8 Å². The third-order valence-electron chi connectivity index (χ3n) is 8.81. The number of nitrogens with one attached hydrogen (secondary N) is 2. The summed E-state index contributed by atoms with van der Waals surface area (Å²) in [5, 5.41) is 6.63. The van der Waals surface area contributed by atoms with Crippen molar-refractivity contribution in [2.75, 3.05) is 26.2 Å². The van der Waals surface area contributed by atoms with Crippen molar-refractivity contribution in [3.63, 3.8) is 0 Å². The molecule has 6 atom stereocenters. The van der Waals surface area contributed by atoms with Gasteiger partial charge in [0.1, 0.15) is 18.1 Å². The fourth-order valence-corrected chi connectivity index (χ4v) is 7.33. The summed E-state index contributed by atoms with van der Waals surface area (Å²) in [6, 6.07) is -0.136. The Balaban J connectivity index is 1.40. The highest BCUT2D eigenvalue weighted by molar-refractivity contribution is 5.24. The molecular weight excluding hydrogens is 393 g/mol. The predicted molar refractivity (Wildman–Crippen MR) is 107 cm³/mol. The van der Waals surface area contributed by atoms with E-state index in [1.54, 1.807) is 0 Å². The molecular formula is C22H33F3N4O. The molecule has 2 bridgehead atoms. The molecule has 1 saturated heterocycles. The average molecular weight is 427 g/mol. The molecule has 5 rings (SSSR count). The van der Waals surface area contributed by atoms with E-state index in [-0.39, 0.29) is 17.2 Å². The van der Waals surface area contributed by atoms with Crippen molar-refractivity contribution in [1.29, 1.82) is 0 Å². The number of nitrogens with zero attached hydrogens (tertiary/aromatic N) is 1. The molecule has 3 saturated carbocycles. The quantitative estimate of drug-likeness (QED) is 0.625. The van der Waals surface area contributed by atoms with Gasteiger partial charge >= 0.3 is 0 Å². The number of aromatic nitrogens is 1. The highest BCUT2D eigenvalue weighted by atomic mass is 19.3. The van der Waals surface area contributed by atoms with E-state index in [0.717, 1.165) is 39.1 Å². The summed E-state index contributed by atoms with van der Waals surface area (Å²) in [4.78, 5) is 4.13. The van der Waals surface area contributed by atoms with Gasteiger partial charge in [-0.25, -0.2) is 9.37 Å². The van der Waals surface area contributed by atoms with Crippen LogP contribution >= 0.6 is 0 Å². The van der Waals surface area contributed by atoms with Crippen LogP contribution in [0.4, 0.5) is 13.2 Å². The normalized spacial score (nSPS) is 39.7. The molecule has 4 unspecified atom stereocenters. The third kappa shape index (κ3) is 3.13. The van der Waals surface area contributed by atoms with E-state index >= 15 is 0 Å². The fourth-order valence-electron chi connectivity index (χ4n) is 7.33. The summed E-state index contributed by atoms with van der Waals surface area (Å²) in [6.07, 6.45) is 6.23. The number of hydrogen-bond donors (Lipinski definition) is 3. The lowest BCUT2D eigenvalue weighted by molar-refractivity contribution is 0.0125. The van der Waals surface area contributed by atoms with Gasteiger partial charge in [-0.1, -0.05) is 0 Å². The van der Waals surface area contributed by atoms with E-state index in [9.17, 15) is 13.2 Å². The first-order chi connectivity index (χ1) is 14.3. The molecule has 168 valence electrons. The minimum absolute atomic E-state index is 0.136. The molecule has 8 heteroatoms. The molecule has 0 aromatic carbocycles. The number of nitrogens with two attached hydrogens (primary N) is 1. The smallest absolute Gasteiger partial charge is 0.290 e. The number of halogens is 3. The number of alkyl halides is 3. The highest BCUT2D eigenvalue weighted by Crippen LogP contribution is 2.78. The van der Waals surface area contributed by atoms with Gasteiger partial charge in [-0.15, -0.1) is 0 Å². The van der Waals surface area contributed by atoms with Crippen molar-refractivity contribution in [2.45, 2.75) is 63.6 Å². The Bertz CT molecular complexity index is 777. The largest absolute Gasteiger partial charge is 0.448 e. The van der Waals surface area contributed by atoms with Crippen LogP contribution in [0.2, 0.25) is 0 Å². The lowest BCUT2D eigenvalue weighted by Gasteiger charge is -2.44. The summed E-state index contributed by atoms with van der Waals surface area (Å²) in [7, 11) is 0. The maximum Gasteiger partial charge on any atom is 0.290 e. The molecule has 1 aromatic heterocycles. The second-order valence-electron chi connectivity index (χ2n) is 10.2. The van der Waals surface area contributed by atoms with E-state index in [4.69, 9.17) is 10.2 Å². The Kier molecular flexibility index (Phi) is 4.99. The summed E-state index contributed by atoms with van der Waals surface area (Å²) in [5.41, 5.74) is 6.24. The monoisotopic (exact) mass is 426 g/mol. The van der Waals surface area contributed by atoms with Crippen LogP contribution in [0.5, 0.6) is 0 Å². The van der Waals surface area contributed by atoms with Gasteiger partial charge in [-0.2, -0.15) is 8.78 Å². The first-order valence-corrected chi connectivity index (χ1v) is 11.4. The van der Waals surface area contributed by atoms with Gasteiger partial charge in [0.25, 0.3) is 5.92 Å². The molecule has 30 heavy (non-hydrogen) atoms. The zero-order valence-electron chi connectivity index (χ0n) is 17.6. The second kappa shape index (κ2) is 7.20. The SMILES string of the molecule is CC(F)(F)c1coc(CC2(CN)C(CN[C@H]3CCNC[C@@H]3F)C3CCC2C32CC2)n1. The second-order valence-corrected chi connectivity index (χ2v) is 10.2. The molecule has 4 fully saturated rings. The molecule has 4 N–H and O–H groups in total. The van der Waals surface area contributed by atoms with E-state index in [1.165, 1.54) is 19.3 Å². The minimum Gasteiger partial charge on any atom is -0.448 e. The molecule has 5 nitrogen and oxygen atoms in total. The fraction of sp³-hybridized carbons (Fsp3) is 0.864. The van der Waals surface area contributed by atoms with Gasteiger partial charge in [0, 0.05) is 25.9 Å². The molecule has 0 radical (unpaired) electrons. The van der Waals surface area contributed by atoms with Crippen molar-refractivity contribution < 1.29 is 17.6 Å². The molecule has 1 aliphatic heterocycles. The van der Waals surface area contributed by atoms with Gasteiger partial charge in [0.15, 0.2) is 5.89 Å². The molecule has 4 aliphatic rings. The van der Waals surface area contributed by atoms with Crippen molar-refractivity contribution in [1.82, 2.24) is 15.6 Å². The molecule has 3 aliphatic carbocycles. The van der Waals surface area contributed by atoms with Crippen LogP contribution in [-0.4, -0.2) is 43.4 Å². The Morgan fingerprint density at radius 3 is 2.77 bits per heavy atom. The van der Waals surface area contributed by atoms with Gasteiger partial charge in [0.05, 0.1) is 0 Å². The molecule has 1 spiro atoms. The zero-order valence-corrected chi connectivity index (χ0v) is 17.6. The Labute approximate surface area is 175 Å². The van der Waals surface area contributed by atoms with Crippen molar-refractivity contribution >= 4 is 0 Å². The van der Waals surface area contributed by atoms with E-state index in [2.05, 4.69) is 15.6 Å². The topological polar surface area (TPSA) is 76.1 Å². The molecule has 0 amide bonds. The molecule has 2 heterocycles. The van der Waals surface area contributed by atoms with Crippen molar-refractivity contribution in [3.8, 4) is 0 Å². The van der Waals surface area contributed by atoms with E-state index in [1.807, 2.05) is 0 Å².